The Labute approximate surface area is 159 Å². The highest BCUT2D eigenvalue weighted by Gasteiger charge is 2.15. The van der Waals surface area contributed by atoms with Crippen molar-refractivity contribution < 1.29 is 22.7 Å². The predicted molar refractivity (Wildman–Crippen MR) is 102 cm³/mol. The van der Waals surface area contributed by atoms with Gasteiger partial charge in [-0.05, 0) is 41.8 Å². The molecule has 0 heterocycles. The van der Waals surface area contributed by atoms with E-state index in [9.17, 15) is 13.2 Å². The Morgan fingerprint density at radius 2 is 1.59 bits per heavy atom. The van der Waals surface area contributed by atoms with Crippen molar-refractivity contribution in [2.24, 2.45) is 0 Å². The van der Waals surface area contributed by atoms with Crippen molar-refractivity contribution in [1.29, 1.82) is 0 Å². The van der Waals surface area contributed by atoms with Crippen LogP contribution in [0.1, 0.15) is 18.1 Å². The first-order valence-corrected chi connectivity index (χ1v) is 9.94. The SMILES string of the molecule is CCc1ccc(S(=O)(=O)NCC(=O)NCc2ccc(OC)c(OC)c2)cc1. The number of hydrogen-bond donors (Lipinski definition) is 2. The molecule has 0 bridgehead atoms. The predicted octanol–water partition coefficient (Wildman–Crippen LogP) is 1.86. The first-order valence-electron chi connectivity index (χ1n) is 8.45. The van der Waals surface area contributed by atoms with Crippen LogP contribution in [0.3, 0.4) is 0 Å². The van der Waals surface area contributed by atoms with Gasteiger partial charge in [0.05, 0.1) is 25.7 Å². The standard InChI is InChI=1S/C19H24N2O5S/c1-4-14-5-8-16(9-6-14)27(23,24)21-13-19(22)20-12-15-7-10-17(25-2)18(11-15)26-3/h5-11,21H,4,12-13H2,1-3H3,(H,20,22). The van der Waals surface area contributed by atoms with Gasteiger partial charge in [-0.1, -0.05) is 25.1 Å². The van der Waals surface area contributed by atoms with E-state index < -0.39 is 15.9 Å². The third kappa shape index (κ3) is 5.70. The van der Waals surface area contributed by atoms with Crippen molar-refractivity contribution in [3.63, 3.8) is 0 Å². The van der Waals surface area contributed by atoms with Crippen LogP contribution in [0.4, 0.5) is 0 Å². The lowest BCUT2D eigenvalue weighted by Gasteiger charge is -2.11. The third-order valence-electron chi connectivity index (χ3n) is 4.00. The highest BCUT2D eigenvalue weighted by Crippen LogP contribution is 2.27. The highest BCUT2D eigenvalue weighted by molar-refractivity contribution is 7.89. The number of hydrogen-bond acceptors (Lipinski definition) is 5. The molecule has 1 amide bonds. The molecule has 146 valence electrons. The molecular weight excluding hydrogens is 368 g/mol. The van der Waals surface area contributed by atoms with E-state index in [4.69, 9.17) is 9.47 Å². The van der Waals surface area contributed by atoms with Gasteiger partial charge in [-0.2, -0.15) is 0 Å². The zero-order valence-corrected chi connectivity index (χ0v) is 16.4. The summed E-state index contributed by atoms with van der Waals surface area (Å²) in [6.45, 7) is 1.89. The molecule has 0 aliphatic rings. The number of amides is 1. The summed E-state index contributed by atoms with van der Waals surface area (Å²) in [6, 6.07) is 11.9. The maximum atomic E-state index is 12.2. The van der Waals surface area contributed by atoms with Crippen molar-refractivity contribution in [3.8, 4) is 11.5 Å². The van der Waals surface area contributed by atoms with E-state index in [1.807, 2.05) is 6.92 Å². The highest BCUT2D eigenvalue weighted by atomic mass is 32.2. The topological polar surface area (TPSA) is 93.7 Å². The van der Waals surface area contributed by atoms with Gasteiger partial charge in [0, 0.05) is 6.54 Å². The number of rotatable bonds is 9. The van der Waals surface area contributed by atoms with E-state index in [1.165, 1.54) is 19.2 Å². The van der Waals surface area contributed by atoms with Crippen LogP contribution in [0, 0.1) is 0 Å². The number of sulfonamides is 1. The fourth-order valence-corrected chi connectivity index (χ4v) is 3.38. The molecule has 2 rings (SSSR count). The maximum Gasteiger partial charge on any atom is 0.241 e. The second-order valence-electron chi connectivity index (χ2n) is 5.79. The molecular formula is C19H24N2O5S. The molecule has 7 nitrogen and oxygen atoms in total. The van der Waals surface area contributed by atoms with E-state index in [0.29, 0.717) is 11.5 Å². The molecule has 0 atom stereocenters. The summed E-state index contributed by atoms with van der Waals surface area (Å²) in [5, 5.41) is 2.67. The fraction of sp³-hybridized carbons (Fsp3) is 0.316. The van der Waals surface area contributed by atoms with Gasteiger partial charge in [0.1, 0.15) is 0 Å². The lowest BCUT2D eigenvalue weighted by atomic mass is 10.2. The summed E-state index contributed by atoms with van der Waals surface area (Å²) in [5.41, 5.74) is 1.85. The molecule has 27 heavy (non-hydrogen) atoms. The van der Waals surface area contributed by atoms with Crippen LogP contribution in [0.15, 0.2) is 47.4 Å². The zero-order chi connectivity index (χ0) is 19.9. The molecule has 0 spiro atoms. The van der Waals surface area contributed by atoms with Crippen molar-refractivity contribution in [3.05, 3.63) is 53.6 Å². The summed E-state index contributed by atoms with van der Waals surface area (Å²) >= 11 is 0. The van der Waals surface area contributed by atoms with E-state index in [0.717, 1.165) is 17.5 Å². The average molecular weight is 392 g/mol. The van der Waals surface area contributed by atoms with Crippen LogP contribution in [0.2, 0.25) is 0 Å². The molecule has 2 aromatic rings. The quantitative estimate of drug-likeness (QED) is 0.679. The van der Waals surface area contributed by atoms with Crippen LogP contribution in [-0.2, 0) is 27.8 Å². The van der Waals surface area contributed by atoms with Gasteiger partial charge in [-0.3, -0.25) is 4.79 Å². The Morgan fingerprint density at radius 3 is 2.19 bits per heavy atom. The first-order chi connectivity index (χ1) is 12.9. The number of benzene rings is 2. The molecule has 0 radical (unpaired) electrons. The summed E-state index contributed by atoms with van der Waals surface area (Å²) in [5.74, 6) is 0.716. The number of carbonyl (C=O) groups excluding carboxylic acids is 1. The Hall–Kier alpha value is -2.58. The molecule has 0 aliphatic carbocycles. The number of nitrogens with one attached hydrogen (secondary N) is 2. The summed E-state index contributed by atoms with van der Waals surface area (Å²) in [4.78, 5) is 12.1. The van der Waals surface area contributed by atoms with E-state index in [-0.39, 0.29) is 18.0 Å². The van der Waals surface area contributed by atoms with Gasteiger partial charge in [-0.15, -0.1) is 0 Å². The maximum absolute atomic E-state index is 12.2. The minimum Gasteiger partial charge on any atom is -0.493 e. The summed E-state index contributed by atoms with van der Waals surface area (Å²) in [7, 11) is -0.658. The van der Waals surface area contributed by atoms with Gasteiger partial charge >= 0.3 is 0 Å². The monoisotopic (exact) mass is 392 g/mol. The normalized spacial score (nSPS) is 11.1. The fourth-order valence-electron chi connectivity index (χ4n) is 2.40. The largest absolute Gasteiger partial charge is 0.493 e. The van der Waals surface area contributed by atoms with E-state index >= 15 is 0 Å². The summed E-state index contributed by atoms with van der Waals surface area (Å²) < 4.78 is 37.2. The lowest BCUT2D eigenvalue weighted by molar-refractivity contribution is -0.120. The molecule has 0 saturated carbocycles. The number of carbonyl (C=O) groups is 1. The second-order valence-corrected chi connectivity index (χ2v) is 7.56. The number of aryl methyl sites for hydroxylation is 1. The molecule has 8 heteroatoms. The van der Waals surface area contributed by atoms with E-state index in [1.54, 1.807) is 37.4 Å². The molecule has 0 aromatic heterocycles. The smallest absolute Gasteiger partial charge is 0.241 e. The molecule has 2 aromatic carbocycles. The van der Waals surface area contributed by atoms with Gasteiger partial charge in [-0.25, -0.2) is 13.1 Å². The van der Waals surface area contributed by atoms with Gasteiger partial charge in [0.25, 0.3) is 0 Å². The van der Waals surface area contributed by atoms with Crippen molar-refractivity contribution in [1.82, 2.24) is 10.0 Å². The van der Waals surface area contributed by atoms with Gasteiger partial charge in [0.2, 0.25) is 15.9 Å². The Balaban J connectivity index is 1.90. The van der Waals surface area contributed by atoms with Crippen LogP contribution in [0.5, 0.6) is 11.5 Å². The minimum atomic E-state index is -3.73. The van der Waals surface area contributed by atoms with Crippen LogP contribution in [-0.4, -0.2) is 35.1 Å². The molecule has 0 aliphatic heterocycles. The van der Waals surface area contributed by atoms with Crippen molar-refractivity contribution >= 4 is 15.9 Å². The Kier molecular flexibility index (Phi) is 7.20. The van der Waals surface area contributed by atoms with E-state index in [2.05, 4.69) is 10.0 Å². The summed E-state index contributed by atoms with van der Waals surface area (Å²) in [6.07, 6.45) is 0.826. The van der Waals surface area contributed by atoms with Crippen LogP contribution >= 0.6 is 0 Å². The first kappa shape index (κ1) is 20.7. The second kappa shape index (κ2) is 9.38. The Morgan fingerprint density at radius 1 is 0.963 bits per heavy atom. The molecule has 2 N–H and O–H groups in total. The van der Waals surface area contributed by atoms with Crippen molar-refractivity contribution in [2.45, 2.75) is 24.8 Å². The minimum absolute atomic E-state index is 0.132. The molecule has 0 fully saturated rings. The lowest BCUT2D eigenvalue weighted by Crippen LogP contribution is -2.36. The number of ether oxygens (including phenoxy) is 2. The Bertz CT molecular complexity index is 879. The molecule has 0 unspecified atom stereocenters. The molecule has 0 saturated heterocycles. The average Bonchev–Trinajstić information content (AvgIpc) is 2.70. The van der Waals surface area contributed by atoms with Gasteiger partial charge in [0.15, 0.2) is 11.5 Å². The van der Waals surface area contributed by atoms with Crippen LogP contribution < -0.4 is 19.5 Å². The zero-order valence-electron chi connectivity index (χ0n) is 15.6. The number of methoxy groups -OCH3 is 2. The third-order valence-corrected chi connectivity index (χ3v) is 5.42. The van der Waals surface area contributed by atoms with Gasteiger partial charge < -0.3 is 14.8 Å². The van der Waals surface area contributed by atoms with Crippen molar-refractivity contribution in [2.75, 3.05) is 20.8 Å². The van der Waals surface area contributed by atoms with Crippen LogP contribution in [0.25, 0.3) is 0 Å².